The minimum absolute atomic E-state index is 0.553. The first-order valence-corrected chi connectivity index (χ1v) is 4.17. The molecule has 0 fully saturated rings. The van der Waals surface area contributed by atoms with E-state index in [9.17, 15) is 5.21 Å². The Labute approximate surface area is 80.8 Å². The van der Waals surface area contributed by atoms with Crippen molar-refractivity contribution in [1.29, 1.82) is 0 Å². The Morgan fingerprint density at radius 1 is 1.50 bits per heavy atom. The number of fused-ring (bicyclic) bond motifs is 1. The average Bonchev–Trinajstić information content (AvgIpc) is 2.19. The van der Waals surface area contributed by atoms with Crippen molar-refractivity contribution in [3.63, 3.8) is 0 Å². The molecule has 5 nitrogen and oxygen atoms in total. The summed E-state index contributed by atoms with van der Waals surface area (Å²) in [4.78, 5) is 4.02. The summed E-state index contributed by atoms with van der Waals surface area (Å²) in [5.41, 5.74) is 7.85. The van der Waals surface area contributed by atoms with Gasteiger partial charge in [-0.2, -0.15) is 0 Å². The maximum Gasteiger partial charge on any atom is 0.289 e. The predicted octanol–water partition coefficient (Wildman–Crippen LogP) is 0.492. The Balaban J connectivity index is 2.84. The number of nitrogen functional groups attached to an aromatic ring is 1. The summed E-state index contributed by atoms with van der Waals surface area (Å²) in [6.07, 6.45) is 2.63. The van der Waals surface area contributed by atoms with Crippen LogP contribution in [-0.2, 0) is 0 Å². The van der Waals surface area contributed by atoms with E-state index in [4.69, 9.17) is 5.73 Å². The van der Waals surface area contributed by atoms with Crippen LogP contribution in [0.1, 0.15) is 0 Å². The van der Waals surface area contributed by atoms with E-state index in [1.807, 2.05) is 6.07 Å². The maximum atomic E-state index is 11.0. The molecule has 5 heteroatoms. The molecule has 1 aromatic carbocycles. The molecule has 0 amide bonds. The second kappa shape index (κ2) is 3.02. The van der Waals surface area contributed by atoms with Crippen LogP contribution in [0.3, 0.4) is 0 Å². The lowest BCUT2D eigenvalue weighted by Crippen LogP contribution is -2.25. The summed E-state index contributed by atoms with van der Waals surface area (Å²) in [6.45, 7) is 0. The second-order valence-electron chi connectivity index (χ2n) is 2.95. The summed E-state index contributed by atoms with van der Waals surface area (Å²) < 4.78 is 0.637. The van der Waals surface area contributed by atoms with Crippen LogP contribution in [0.4, 0.5) is 11.4 Å². The lowest BCUT2D eigenvalue weighted by atomic mass is 10.2. The first kappa shape index (κ1) is 8.55. The van der Waals surface area contributed by atoms with Crippen molar-refractivity contribution in [3.05, 3.63) is 29.9 Å². The highest BCUT2D eigenvalue weighted by atomic mass is 16.5. The molecule has 14 heavy (non-hydrogen) atoms. The molecule has 0 saturated heterocycles. The summed E-state index contributed by atoms with van der Waals surface area (Å²) in [5, 5.41) is 14.7. The van der Waals surface area contributed by atoms with Crippen molar-refractivity contribution in [2.24, 2.45) is 0 Å². The molecule has 1 aromatic heterocycles. The number of aromatic nitrogens is 2. The van der Waals surface area contributed by atoms with E-state index in [0.717, 1.165) is 5.69 Å². The van der Waals surface area contributed by atoms with Crippen molar-refractivity contribution in [3.8, 4) is 0 Å². The zero-order valence-corrected chi connectivity index (χ0v) is 7.69. The van der Waals surface area contributed by atoms with Crippen molar-refractivity contribution >= 4 is 22.3 Å². The Morgan fingerprint density at radius 3 is 3.00 bits per heavy atom. The Bertz CT molecular complexity index is 483. The van der Waals surface area contributed by atoms with Crippen LogP contribution < -0.4 is 15.8 Å². The molecular weight excluding hydrogens is 180 g/mol. The van der Waals surface area contributed by atoms with Gasteiger partial charge in [-0.3, -0.25) is 0 Å². The fourth-order valence-electron chi connectivity index (χ4n) is 1.38. The molecule has 0 spiro atoms. The standard InChI is InChI=1S/C9H10N4O/c1-11-8-3-2-7(10)6-4-13(14)5-12-9(6)8/h2-5,11H,10H2,1H3. The van der Waals surface area contributed by atoms with Crippen LogP contribution in [-0.4, -0.2) is 12.0 Å². The minimum atomic E-state index is 0.553. The van der Waals surface area contributed by atoms with Crippen molar-refractivity contribution in [1.82, 2.24) is 4.98 Å². The lowest BCUT2D eigenvalue weighted by molar-refractivity contribution is -0.607. The molecule has 0 unspecified atom stereocenters. The largest absolute Gasteiger partial charge is 0.711 e. The quantitative estimate of drug-likeness (QED) is 0.390. The molecule has 0 aliphatic rings. The minimum Gasteiger partial charge on any atom is -0.711 e. The van der Waals surface area contributed by atoms with Crippen LogP contribution in [0.15, 0.2) is 24.7 Å². The topological polar surface area (TPSA) is 77.9 Å². The van der Waals surface area contributed by atoms with Crippen molar-refractivity contribution in [2.45, 2.75) is 0 Å². The molecule has 0 aliphatic carbocycles. The van der Waals surface area contributed by atoms with Gasteiger partial charge >= 0.3 is 0 Å². The number of benzene rings is 1. The van der Waals surface area contributed by atoms with Gasteiger partial charge in [-0.1, -0.05) is 0 Å². The molecular formula is C9H10N4O. The smallest absolute Gasteiger partial charge is 0.289 e. The number of nitrogens with two attached hydrogens (primary N) is 1. The lowest BCUT2D eigenvalue weighted by Gasteiger charge is -2.05. The van der Waals surface area contributed by atoms with E-state index < -0.39 is 0 Å². The fourth-order valence-corrected chi connectivity index (χ4v) is 1.38. The zero-order chi connectivity index (χ0) is 10.1. The monoisotopic (exact) mass is 190 g/mol. The summed E-state index contributed by atoms with van der Waals surface area (Å²) in [5.74, 6) is 0. The Morgan fingerprint density at radius 2 is 2.29 bits per heavy atom. The van der Waals surface area contributed by atoms with E-state index in [-0.39, 0.29) is 0 Å². The molecule has 0 radical (unpaired) electrons. The van der Waals surface area contributed by atoms with Gasteiger partial charge in [0.2, 0.25) is 5.52 Å². The Kier molecular flexibility index (Phi) is 1.85. The first-order valence-electron chi connectivity index (χ1n) is 4.17. The van der Waals surface area contributed by atoms with E-state index in [1.165, 1.54) is 12.5 Å². The molecule has 0 aliphatic heterocycles. The summed E-state index contributed by atoms with van der Waals surface area (Å²) >= 11 is 0. The van der Waals surface area contributed by atoms with E-state index in [0.29, 0.717) is 21.3 Å². The van der Waals surface area contributed by atoms with Crippen LogP contribution in [0.25, 0.3) is 10.9 Å². The van der Waals surface area contributed by atoms with E-state index in [1.54, 1.807) is 13.1 Å². The number of nitrogens with one attached hydrogen (secondary N) is 1. The number of rotatable bonds is 1. The van der Waals surface area contributed by atoms with E-state index >= 15 is 0 Å². The number of anilines is 2. The maximum absolute atomic E-state index is 11.0. The first-order chi connectivity index (χ1) is 6.72. The molecule has 0 bridgehead atoms. The van der Waals surface area contributed by atoms with Crippen molar-refractivity contribution in [2.75, 3.05) is 18.1 Å². The SMILES string of the molecule is CNc1ccc(N)c2c[n+]([O-])cnc12. The van der Waals surface area contributed by atoms with Gasteiger partial charge in [-0.25, -0.2) is 4.73 Å². The van der Waals surface area contributed by atoms with Gasteiger partial charge < -0.3 is 16.3 Å². The number of hydrogen-bond donors (Lipinski definition) is 2. The van der Waals surface area contributed by atoms with Crippen LogP contribution >= 0.6 is 0 Å². The second-order valence-corrected chi connectivity index (χ2v) is 2.95. The van der Waals surface area contributed by atoms with Crippen molar-refractivity contribution < 1.29 is 4.73 Å². The third-order valence-electron chi connectivity index (χ3n) is 2.08. The van der Waals surface area contributed by atoms with Gasteiger partial charge in [0.05, 0.1) is 11.1 Å². The molecule has 3 N–H and O–H groups in total. The molecule has 2 aromatic rings. The molecule has 2 rings (SSSR count). The van der Waals surface area contributed by atoms with Gasteiger partial charge in [0.25, 0.3) is 6.33 Å². The highest BCUT2D eigenvalue weighted by molar-refractivity contribution is 5.97. The third-order valence-corrected chi connectivity index (χ3v) is 2.08. The van der Waals surface area contributed by atoms with Gasteiger partial charge in [-0.15, -0.1) is 0 Å². The average molecular weight is 190 g/mol. The molecule has 0 atom stereocenters. The van der Waals surface area contributed by atoms with E-state index in [2.05, 4.69) is 10.3 Å². The van der Waals surface area contributed by atoms with Crippen LogP contribution in [0.2, 0.25) is 0 Å². The number of nitrogens with zero attached hydrogens (tertiary/aromatic N) is 2. The molecule has 1 heterocycles. The summed E-state index contributed by atoms with van der Waals surface area (Å²) in [7, 11) is 1.80. The van der Waals surface area contributed by atoms with Crippen LogP contribution in [0.5, 0.6) is 0 Å². The van der Waals surface area contributed by atoms with Gasteiger partial charge in [0, 0.05) is 12.7 Å². The Hall–Kier alpha value is -2.04. The fraction of sp³-hybridized carbons (Fsp3) is 0.111. The zero-order valence-electron chi connectivity index (χ0n) is 7.69. The highest BCUT2D eigenvalue weighted by Crippen LogP contribution is 2.24. The van der Waals surface area contributed by atoms with Gasteiger partial charge in [0.1, 0.15) is 6.20 Å². The predicted molar refractivity (Wildman–Crippen MR) is 54.7 cm³/mol. The molecule has 72 valence electrons. The van der Waals surface area contributed by atoms with Crippen LogP contribution in [0, 0.1) is 5.21 Å². The third kappa shape index (κ3) is 1.19. The normalized spacial score (nSPS) is 10.4. The summed E-state index contributed by atoms with van der Waals surface area (Å²) in [6, 6.07) is 3.58. The highest BCUT2D eigenvalue weighted by Gasteiger charge is 2.09. The molecule has 0 saturated carbocycles. The van der Waals surface area contributed by atoms with Gasteiger partial charge in [0.15, 0.2) is 0 Å². The van der Waals surface area contributed by atoms with Gasteiger partial charge in [-0.05, 0) is 17.1 Å². The number of hydrogen-bond acceptors (Lipinski definition) is 4.